The third-order valence-electron chi connectivity index (χ3n) is 9.49. The molecule has 1 aromatic rings. The molecule has 0 spiro atoms. The summed E-state index contributed by atoms with van der Waals surface area (Å²) in [7, 11) is 0. The first-order valence-corrected chi connectivity index (χ1v) is 15.1. The molecule has 0 aliphatic heterocycles. The van der Waals surface area contributed by atoms with E-state index in [1.807, 2.05) is 6.92 Å². The Morgan fingerprint density at radius 3 is 2.08 bits per heavy atom. The van der Waals surface area contributed by atoms with Crippen molar-refractivity contribution in [1.82, 2.24) is 0 Å². The van der Waals surface area contributed by atoms with Gasteiger partial charge in [0, 0.05) is 5.56 Å². The van der Waals surface area contributed by atoms with Crippen LogP contribution < -0.4 is 4.74 Å². The summed E-state index contributed by atoms with van der Waals surface area (Å²) in [5, 5.41) is 0. The predicted molar refractivity (Wildman–Crippen MR) is 147 cm³/mol. The summed E-state index contributed by atoms with van der Waals surface area (Å²) in [6, 6.07) is 3.30. The Balaban J connectivity index is 1.22. The molecule has 1 unspecified atom stereocenters. The molecule has 1 atom stereocenters. The number of rotatable bonds is 10. The molecule has 200 valence electrons. The fourth-order valence-electron chi connectivity index (χ4n) is 7.28. The molecule has 0 saturated heterocycles. The molecule has 0 radical (unpaired) electrons. The molecule has 2 saturated carbocycles. The minimum Gasteiger partial charge on any atom is -0.490 e. The number of benzene rings is 1. The third kappa shape index (κ3) is 7.01. The normalized spacial score (nSPS) is 29.3. The van der Waals surface area contributed by atoms with Gasteiger partial charge in [-0.2, -0.15) is 4.39 Å². The summed E-state index contributed by atoms with van der Waals surface area (Å²) in [5.74, 6) is 2.83. The fraction of sp³-hybridized carbons (Fsp3) is 0.697. The van der Waals surface area contributed by atoms with Crippen LogP contribution in [0.3, 0.4) is 0 Å². The second-order valence-corrected chi connectivity index (χ2v) is 11.8. The Labute approximate surface area is 218 Å². The van der Waals surface area contributed by atoms with Crippen molar-refractivity contribution < 1.29 is 13.5 Å². The van der Waals surface area contributed by atoms with E-state index in [1.54, 1.807) is 12.1 Å². The van der Waals surface area contributed by atoms with Crippen LogP contribution in [-0.4, -0.2) is 6.61 Å². The summed E-state index contributed by atoms with van der Waals surface area (Å²) in [6.07, 6.45) is 25.8. The van der Waals surface area contributed by atoms with Crippen LogP contribution in [0.25, 0.3) is 5.57 Å². The van der Waals surface area contributed by atoms with E-state index in [2.05, 4.69) is 25.2 Å². The average molecular weight is 499 g/mol. The second kappa shape index (κ2) is 13.8. The first-order chi connectivity index (χ1) is 17.6. The topological polar surface area (TPSA) is 9.23 Å². The van der Waals surface area contributed by atoms with E-state index in [0.717, 1.165) is 61.3 Å². The van der Waals surface area contributed by atoms with Gasteiger partial charge in [0.05, 0.1) is 6.61 Å². The number of halogens is 2. The molecular formula is C33H48F2O. The Kier molecular flexibility index (Phi) is 10.5. The van der Waals surface area contributed by atoms with Crippen LogP contribution in [0.1, 0.15) is 116 Å². The van der Waals surface area contributed by atoms with Crippen molar-refractivity contribution in [1.29, 1.82) is 0 Å². The molecular weight excluding hydrogens is 450 g/mol. The average Bonchev–Trinajstić information content (AvgIpc) is 2.93. The minimum absolute atomic E-state index is 0.0294. The molecule has 2 fully saturated rings. The van der Waals surface area contributed by atoms with Crippen molar-refractivity contribution in [2.24, 2.45) is 29.6 Å². The van der Waals surface area contributed by atoms with Crippen LogP contribution in [0.2, 0.25) is 0 Å². The van der Waals surface area contributed by atoms with Gasteiger partial charge in [-0.1, -0.05) is 44.9 Å². The Hall–Kier alpha value is -1.64. The maximum Gasteiger partial charge on any atom is 0.201 e. The van der Waals surface area contributed by atoms with Crippen LogP contribution in [0.4, 0.5) is 8.78 Å². The third-order valence-corrected chi connectivity index (χ3v) is 9.49. The highest BCUT2D eigenvalue weighted by molar-refractivity contribution is 5.67. The van der Waals surface area contributed by atoms with Gasteiger partial charge in [-0.25, -0.2) is 4.39 Å². The smallest absolute Gasteiger partial charge is 0.201 e. The summed E-state index contributed by atoms with van der Waals surface area (Å²) in [4.78, 5) is 0. The maximum absolute atomic E-state index is 14.8. The van der Waals surface area contributed by atoms with E-state index in [1.165, 1.54) is 64.2 Å². The van der Waals surface area contributed by atoms with Gasteiger partial charge in [0.1, 0.15) is 0 Å². The summed E-state index contributed by atoms with van der Waals surface area (Å²) < 4.78 is 34.6. The number of allylic oxidation sites excluding steroid dienone is 4. The Morgan fingerprint density at radius 1 is 0.806 bits per heavy atom. The van der Waals surface area contributed by atoms with Crippen LogP contribution in [0.15, 0.2) is 30.4 Å². The molecule has 3 aliphatic carbocycles. The lowest BCUT2D eigenvalue weighted by atomic mass is 9.65. The highest BCUT2D eigenvalue weighted by Gasteiger charge is 2.34. The van der Waals surface area contributed by atoms with E-state index in [0.29, 0.717) is 18.1 Å². The van der Waals surface area contributed by atoms with E-state index in [-0.39, 0.29) is 5.75 Å². The molecule has 3 heteroatoms. The second-order valence-electron chi connectivity index (χ2n) is 11.8. The van der Waals surface area contributed by atoms with Crippen molar-refractivity contribution in [3.8, 4) is 5.75 Å². The molecule has 36 heavy (non-hydrogen) atoms. The zero-order chi connectivity index (χ0) is 25.3. The van der Waals surface area contributed by atoms with Gasteiger partial charge in [-0.3, -0.25) is 0 Å². The molecule has 0 amide bonds. The van der Waals surface area contributed by atoms with Gasteiger partial charge in [0.15, 0.2) is 11.6 Å². The first kappa shape index (κ1) is 27.4. The van der Waals surface area contributed by atoms with Crippen molar-refractivity contribution in [2.75, 3.05) is 6.61 Å². The van der Waals surface area contributed by atoms with Gasteiger partial charge < -0.3 is 4.74 Å². The predicted octanol–water partition coefficient (Wildman–Crippen LogP) is 10.3. The highest BCUT2D eigenvalue weighted by Crippen LogP contribution is 2.46. The summed E-state index contributed by atoms with van der Waals surface area (Å²) in [6.45, 7) is 4.57. The number of ether oxygens (including phenoxy) is 1. The molecule has 3 aliphatic rings. The number of hydrogen-bond donors (Lipinski definition) is 0. The molecule has 0 heterocycles. The SMILES string of the molecule is CCC=CCCC1CCC(C2CCC(C3CC=C(c4ccc(OCCC)c(F)c4F)CC3)CC2)CC1. The molecule has 0 N–H and O–H groups in total. The molecule has 0 bridgehead atoms. The highest BCUT2D eigenvalue weighted by atomic mass is 19.2. The monoisotopic (exact) mass is 498 g/mol. The summed E-state index contributed by atoms with van der Waals surface area (Å²) >= 11 is 0. The largest absolute Gasteiger partial charge is 0.490 e. The van der Waals surface area contributed by atoms with E-state index >= 15 is 0 Å². The molecule has 1 aromatic carbocycles. The van der Waals surface area contributed by atoms with Crippen molar-refractivity contribution in [2.45, 2.75) is 110 Å². The van der Waals surface area contributed by atoms with Crippen molar-refractivity contribution in [3.63, 3.8) is 0 Å². The van der Waals surface area contributed by atoms with Gasteiger partial charge in [-0.15, -0.1) is 0 Å². The molecule has 0 aromatic heterocycles. The quantitative estimate of drug-likeness (QED) is 0.292. The van der Waals surface area contributed by atoms with E-state index in [4.69, 9.17) is 4.74 Å². The van der Waals surface area contributed by atoms with Gasteiger partial charge in [0.2, 0.25) is 5.82 Å². The standard InChI is InChI=1S/C33H48F2O/c1-3-5-6-7-8-24-9-11-25(12-10-24)26-13-15-27(16-14-26)28-17-19-29(20-18-28)30-21-22-31(36-23-4-2)33(35)32(30)34/h5-6,19,21-22,24-28H,3-4,7-18,20,23H2,1-2H3. The summed E-state index contributed by atoms with van der Waals surface area (Å²) in [5.41, 5.74) is 1.40. The molecule has 4 rings (SSSR count). The minimum atomic E-state index is -0.843. The maximum atomic E-state index is 14.8. The van der Waals surface area contributed by atoms with E-state index < -0.39 is 11.6 Å². The van der Waals surface area contributed by atoms with Crippen LogP contribution >= 0.6 is 0 Å². The Bertz CT molecular complexity index is 872. The lowest BCUT2D eigenvalue weighted by Gasteiger charge is -2.40. The molecule has 1 nitrogen and oxygen atoms in total. The van der Waals surface area contributed by atoms with Crippen molar-refractivity contribution in [3.05, 3.63) is 47.6 Å². The van der Waals surface area contributed by atoms with Crippen LogP contribution in [-0.2, 0) is 0 Å². The zero-order valence-electron chi connectivity index (χ0n) is 22.8. The Morgan fingerprint density at radius 2 is 1.47 bits per heavy atom. The lowest BCUT2D eigenvalue weighted by molar-refractivity contribution is 0.121. The van der Waals surface area contributed by atoms with Crippen molar-refractivity contribution >= 4 is 5.57 Å². The zero-order valence-corrected chi connectivity index (χ0v) is 22.8. The fourth-order valence-corrected chi connectivity index (χ4v) is 7.28. The lowest BCUT2D eigenvalue weighted by Crippen LogP contribution is -2.28. The number of hydrogen-bond acceptors (Lipinski definition) is 1. The van der Waals surface area contributed by atoms with Crippen LogP contribution in [0.5, 0.6) is 5.75 Å². The van der Waals surface area contributed by atoms with E-state index in [9.17, 15) is 8.78 Å². The van der Waals surface area contributed by atoms with Gasteiger partial charge >= 0.3 is 0 Å². The van der Waals surface area contributed by atoms with Gasteiger partial charge in [0.25, 0.3) is 0 Å². The first-order valence-electron chi connectivity index (χ1n) is 15.1. The van der Waals surface area contributed by atoms with Crippen LogP contribution in [0, 0.1) is 41.2 Å². The van der Waals surface area contributed by atoms with Gasteiger partial charge in [-0.05, 0) is 131 Å².